The number of sulfonamides is 1. The second-order valence-electron chi connectivity index (χ2n) is 5.65. The first kappa shape index (κ1) is 15.4. The van der Waals surface area contributed by atoms with Crippen molar-refractivity contribution in [3.05, 3.63) is 29.8 Å². The summed E-state index contributed by atoms with van der Waals surface area (Å²) in [4.78, 5) is 0.192. The summed E-state index contributed by atoms with van der Waals surface area (Å²) < 4.78 is 26.5. The molecule has 2 rings (SSSR count). The largest absolute Gasteiger partial charge is 0.390 e. The van der Waals surface area contributed by atoms with Crippen LogP contribution in [0.3, 0.4) is 0 Å². The van der Waals surface area contributed by atoms with E-state index in [9.17, 15) is 18.6 Å². The van der Waals surface area contributed by atoms with E-state index in [0.717, 1.165) is 0 Å². The molecule has 0 saturated carbocycles. The Morgan fingerprint density at radius 1 is 1.30 bits per heavy atom. The Balaban J connectivity index is 2.25. The predicted molar refractivity (Wildman–Crippen MR) is 75.7 cm³/mol. The molecule has 1 aromatic carbocycles. The van der Waals surface area contributed by atoms with Gasteiger partial charge in [-0.25, -0.2) is 8.42 Å². The molecule has 112 valence electrons. The van der Waals surface area contributed by atoms with E-state index in [-0.39, 0.29) is 4.90 Å². The van der Waals surface area contributed by atoms with Crippen molar-refractivity contribution in [2.75, 3.05) is 13.1 Å². The smallest absolute Gasteiger partial charge is 0.243 e. The second-order valence-corrected chi connectivity index (χ2v) is 7.59. The zero-order chi connectivity index (χ0) is 15.0. The van der Waals surface area contributed by atoms with Crippen LogP contribution in [0.15, 0.2) is 29.2 Å². The maximum Gasteiger partial charge on any atom is 0.243 e. The monoisotopic (exact) mass is 299 g/mol. The molecule has 0 radical (unpaired) electrons. The van der Waals surface area contributed by atoms with Gasteiger partial charge in [-0.3, -0.25) is 0 Å². The molecule has 0 bridgehead atoms. The van der Waals surface area contributed by atoms with E-state index >= 15 is 0 Å². The van der Waals surface area contributed by atoms with Crippen LogP contribution in [0.1, 0.15) is 38.4 Å². The fourth-order valence-corrected chi connectivity index (χ4v) is 3.79. The Morgan fingerprint density at radius 3 is 2.45 bits per heavy atom. The molecule has 1 atom stereocenters. The Hall–Kier alpha value is -0.950. The predicted octanol–water partition coefficient (Wildman–Crippen LogP) is 1.28. The highest BCUT2D eigenvalue weighted by Gasteiger charge is 2.34. The van der Waals surface area contributed by atoms with E-state index in [1.165, 1.54) is 16.4 Å². The van der Waals surface area contributed by atoms with Gasteiger partial charge in [-0.2, -0.15) is 4.31 Å². The van der Waals surface area contributed by atoms with E-state index in [1.54, 1.807) is 26.0 Å². The van der Waals surface area contributed by atoms with Gasteiger partial charge in [0.1, 0.15) is 0 Å². The Kier molecular flexibility index (Phi) is 4.20. The number of hydrogen-bond donors (Lipinski definition) is 2. The summed E-state index contributed by atoms with van der Waals surface area (Å²) in [6.07, 6.45) is 0.164. The molecule has 1 heterocycles. The van der Waals surface area contributed by atoms with Crippen molar-refractivity contribution < 1.29 is 18.6 Å². The number of aliphatic hydroxyl groups is 2. The van der Waals surface area contributed by atoms with E-state index in [1.807, 2.05) is 0 Å². The molecular formula is C14H21NO4S. The van der Waals surface area contributed by atoms with Crippen LogP contribution in [0, 0.1) is 0 Å². The van der Waals surface area contributed by atoms with Crippen LogP contribution < -0.4 is 0 Å². The van der Waals surface area contributed by atoms with Crippen molar-refractivity contribution in [3.63, 3.8) is 0 Å². The van der Waals surface area contributed by atoms with E-state index in [0.29, 0.717) is 31.5 Å². The normalized spacial score (nSPS) is 21.6. The number of nitrogens with zero attached hydrogens (tertiary/aromatic N) is 1. The van der Waals surface area contributed by atoms with Gasteiger partial charge in [-0.05, 0) is 44.4 Å². The van der Waals surface area contributed by atoms with Crippen molar-refractivity contribution in [1.82, 2.24) is 4.31 Å². The summed E-state index contributed by atoms with van der Waals surface area (Å²) in [5.74, 6) is 0. The summed E-state index contributed by atoms with van der Waals surface area (Å²) in [5.41, 5.74) is -0.205. The number of aliphatic hydroxyl groups excluding tert-OH is 1. The standard InChI is InChI=1S/C14H21NO4S/c1-11(16)12-4-3-5-13(10-12)20(18,19)15-8-6-14(2,17)7-9-15/h3-5,10-11,16-17H,6-9H2,1-2H3. The third-order valence-electron chi connectivity index (χ3n) is 3.78. The average molecular weight is 299 g/mol. The molecule has 2 N–H and O–H groups in total. The van der Waals surface area contributed by atoms with E-state index < -0.39 is 21.7 Å². The van der Waals surface area contributed by atoms with Gasteiger partial charge in [0.25, 0.3) is 0 Å². The minimum Gasteiger partial charge on any atom is -0.390 e. The van der Waals surface area contributed by atoms with E-state index in [4.69, 9.17) is 0 Å². The molecule has 1 aliphatic rings. The topological polar surface area (TPSA) is 77.8 Å². The average Bonchev–Trinajstić information content (AvgIpc) is 2.38. The minimum atomic E-state index is -3.56. The molecule has 0 spiro atoms. The lowest BCUT2D eigenvalue weighted by atomic mass is 9.95. The zero-order valence-electron chi connectivity index (χ0n) is 11.8. The lowest BCUT2D eigenvalue weighted by Gasteiger charge is -2.35. The molecule has 1 fully saturated rings. The lowest BCUT2D eigenvalue weighted by molar-refractivity contribution is 0.0126. The Labute approximate surface area is 119 Å². The molecule has 5 nitrogen and oxygen atoms in total. The fourth-order valence-electron chi connectivity index (χ4n) is 2.29. The highest BCUT2D eigenvalue weighted by Crippen LogP contribution is 2.27. The second kappa shape index (κ2) is 5.44. The zero-order valence-corrected chi connectivity index (χ0v) is 12.6. The van der Waals surface area contributed by atoms with Gasteiger partial charge in [0.2, 0.25) is 10.0 Å². The first-order chi connectivity index (χ1) is 9.22. The number of hydrogen-bond acceptors (Lipinski definition) is 4. The van der Waals surface area contributed by atoms with Crippen LogP contribution in [0.4, 0.5) is 0 Å². The first-order valence-electron chi connectivity index (χ1n) is 6.73. The van der Waals surface area contributed by atoms with Crippen LogP contribution in [0.2, 0.25) is 0 Å². The summed E-state index contributed by atoms with van der Waals surface area (Å²) >= 11 is 0. The highest BCUT2D eigenvalue weighted by molar-refractivity contribution is 7.89. The molecule has 1 unspecified atom stereocenters. The van der Waals surface area contributed by atoms with Gasteiger partial charge in [0.15, 0.2) is 0 Å². The van der Waals surface area contributed by atoms with Crippen LogP contribution in [0.25, 0.3) is 0 Å². The van der Waals surface area contributed by atoms with Crippen molar-refractivity contribution >= 4 is 10.0 Å². The van der Waals surface area contributed by atoms with Crippen LogP contribution in [-0.4, -0.2) is 41.6 Å². The quantitative estimate of drug-likeness (QED) is 0.881. The number of piperidine rings is 1. The number of benzene rings is 1. The molecule has 6 heteroatoms. The van der Waals surface area contributed by atoms with E-state index in [2.05, 4.69) is 0 Å². The Bertz CT molecular complexity index is 571. The summed E-state index contributed by atoms with van der Waals surface area (Å²) in [7, 11) is -3.56. The van der Waals surface area contributed by atoms with Crippen LogP contribution in [0.5, 0.6) is 0 Å². The molecule has 1 aliphatic heterocycles. The van der Waals surface area contributed by atoms with Gasteiger partial charge in [0, 0.05) is 13.1 Å². The van der Waals surface area contributed by atoms with Gasteiger partial charge < -0.3 is 10.2 Å². The summed E-state index contributed by atoms with van der Waals surface area (Å²) in [6, 6.07) is 6.38. The first-order valence-corrected chi connectivity index (χ1v) is 8.17. The molecule has 0 aliphatic carbocycles. The third-order valence-corrected chi connectivity index (χ3v) is 5.67. The van der Waals surface area contributed by atoms with Crippen molar-refractivity contribution in [2.24, 2.45) is 0 Å². The van der Waals surface area contributed by atoms with Crippen molar-refractivity contribution in [3.8, 4) is 0 Å². The lowest BCUT2D eigenvalue weighted by Crippen LogP contribution is -2.45. The maximum absolute atomic E-state index is 12.5. The van der Waals surface area contributed by atoms with Gasteiger partial charge in [-0.1, -0.05) is 12.1 Å². The summed E-state index contributed by atoms with van der Waals surface area (Å²) in [5, 5.41) is 19.4. The van der Waals surface area contributed by atoms with Crippen molar-refractivity contribution in [1.29, 1.82) is 0 Å². The van der Waals surface area contributed by atoms with Gasteiger partial charge in [-0.15, -0.1) is 0 Å². The molecule has 0 amide bonds. The van der Waals surface area contributed by atoms with Crippen molar-refractivity contribution in [2.45, 2.75) is 43.3 Å². The minimum absolute atomic E-state index is 0.192. The highest BCUT2D eigenvalue weighted by atomic mass is 32.2. The third kappa shape index (κ3) is 3.20. The molecule has 1 saturated heterocycles. The van der Waals surface area contributed by atoms with Gasteiger partial charge >= 0.3 is 0 Å². The fraction of sp³-hybridized carbons (Fsp3) is 0.571. The van der Waals surface area contributed by atoms with Crippen LogP contribution in [-0.2, 0) is 10.0 Å². The van der Waals surface area contributed by atoms with Gasteiger partial charge in [0.05, 0.1) is 16.6 Å². The SMILES string of the molecule is CC(O)c1cccc(S(=O)(=O)N2CCC(C)(O)CC2)c1. The Morgan fingerprint density at radius 2 is 1.90 bits per heavy atom. The number of rotatable bonds is 3. The molecule has 20 heavy (non-hydrogen) atoms. The van der Waals surface area contributed by atoms with Crippen LogP contribution >= 0.6 is 0 Å². The molecule has 0 aromatic heterocycles. The summed E-state index contributed by atoms with van der Waals surface area (Å²) in [6.45, 7) is 3.96. The molecule has 1 aromatic rings. The molecular weight excluding hydrogens is 278 g/mol. The maximum atomic E-state index is 12.5.